The van der Waals surface area contributed by atoms with E-state index in [1.807, 2.05) is 45.0 Å². The molecule has 0 atom stereocenters. The molecule has 1 N–H and O–H groups in total. The van der Waals surface area contributed by atoms with Crippen LogP contribution in [0.4, 0.5) is 5.82 Å². The van der Waals surface area contributed by atoms with E-state index >= 15 is 0 Å². The third-order valence-electron chi connectivity index (χ3n) is 4.17. The number of nitrogens with zero attached hydrogens (tertiary/aromatic N) is 5. The Labute approximate surface area is 165 Å². The van der Waals surface area contributed by atoms with Gasteiger partial charge in [0.1, 0.15) is 22.8 Å². The highest BCUT2D eigenvalue weighted by molar-refractivity contribution is 7.20. The number of carbonyl (C=O) groups excluding carboxylic acids is 1. The SMILES string of the molecule is CCOc1cccc2sc(-n3nc(C)cc3NC(=O)c3ccnn3CC)nc12. The fourth-order valence-corrected chi connectivity index (χ4v) is 3.92. The number of rotatable bonds is 6. The lowest BCUT2D eigenvalue weighted by molar-refractivity contribution is 0.101. The third kappa shape index (κ3) is 3.24. The van der Waals surface area contributed by atoms with Crippen molar-refractivity contribution in [3.63, 3.8) is 0 Å². The molecule has 9 heteroatoms. The zero-order chi connectivity index (χ0) is 19.7. The Morgan fingerprint density at radius 1 is 1.29 bits per heavy atom. The van der Waals surface area contributed by atoms with E-state index in [2.05, 4.69) is 15.5 Å². The Balaban J connectivity index is 1.71. The van der Waals surface area contributed by atoms with Crippen molar-refractivity contribution in [1.29, 1.82) is 0 Å². The summed E-state index contributed by atoms with van der Waals surface area (Å²) >= 11 is 1.49. The Morgan fingerprint density at radius 2 is 2.14 bits per heavy atom. The molecule has 4 rings (SSSR count). The van der Waals surface area contributed by atoms with Gasteiger partial charge >= 0.3 is 0 Å². The van der Waals surface area contributed by atoms with Gasteiger partial charge in [-0.25, -0.2) is 4.98 Å². The number of hydrogen-bond donors (Lipinski definition) is 1. The van der Waals surface area contributed by atoms with Crippen LogP contribution in [0, 0.1) is 6.92 Å². The van der Waals surface area contributed by atoms with Crippen LogP contribution in [0.2, 0.25) is 0 Å². The monoisotopic (exact) mass is 396 g/mol. The van der Waals surface area contributed by atoms with Crippen molar-refractivity contribution in [1.82, 2.24) is 24.5 Å². The highest BCUT2D eigenvalue weighted by Crippen LogP contribution is 2.32. The number of hydrogen-bond acceptors (Lipinski definition) is 6. The molecule has 0 aliphatic rings. The molecule has 0 saturated carbocycles. The summed E-state index contributed by atoms with van der Waals surface area (Å²) < 4.78 is 9.97. The summed E-state index contributed by atoms with van der Waals surface area (Å²) in [6.07, 6.45) is 1.61. The average Bonchev–Trinajstić information content (AvgIpc) is 3.39. The lowest BCUT2D eigenvalue weighted by Gasteiger charge is -2.07. The topological polar surface area (TPSA) is 86.9 Å². The third-order valence-corrected chi connectivity index (χ3v) is 5.17. The average molecular weight is 396 g/mol. The summed E-state index contributed by atoms with van der Waals surface area (Å²) in [5.74, 6) is 1.06. The minimum atomic E-state index is -0.239. The highest BCUT2D eigenvalue weighted by Gasteiger charge is 2.18. The molecule has 0 radical (unpaired) electrons. The molecule has 1 amide bonds. The van der Waals surface area contributed by atoms with E-state index in [9.17, 15) is 4.79 Å². The van der Waals surface area contributed by atoms with Crippen LogP contribution in [-0.2, 0) is 6.54 Å². The number of aryl methyl sites for hydroxylation is 2. The van der Waals surface area contributed by atoms with Crippen LogP contribution in [0.15, 0.2) is 36.5 Å². The smallest absolute Gasteiger partial charge is 0.275 e. The Hall–Kier alpha value is -3.20. The van der Waals surface area contributed by atoms with Crippen molar-refractivity contribution < 1.29 is 9.53 Å². The second-order valence-corrected chi connectivity index (χ2v) is 7.11. The van der Waals surface area contributed by atoms with E-state index < -0.39 is 0 Å². The Morgan fingerprint density at radius 3 is 2.93 bits per heavy atom. The normalized spacial score (nSPS) is 11.1. The van der Waals surface area contributed by atoms with Crippen LogP contribution in [0.25, 0.3) is 15.3 Å². The van der Waals surface area contributed by atoms with Crippen molar-refractivity contribution in [2.75, 3.05) is 11.9 Å². The van der Waals surface area contributed by atoms with Crippen LogP contribution >= 0.6 is 11.3 Å². The minimum Gasteiger partial charge on any atom is -0.492 e. The Kier molecular flexibility index (Phi) is 4.82. The van der Waals surface area contributed by atoms with Crippen LogP contribution < -0.4 is 10.1 Å². The van der Waals surface area contributed by atoms with Crippen LogP contribution in [0.5, 0.6) is 5.75 Å². The number of fused-ring (bicyclic) bond motifs is 1. The molecule has 4 aromatic rings. The molecule has 1 aromatic carbocycles. The number of benzene rings is 1. The van der Waals surface area contributed by atoms with E-state index in [1.54, 1.807) is 21.6 Å². The van der Waals surface area contributed by atoms with Gasteiger partial charge < -0.3 is 10.1 Å². The lowest BCUT2D eigenvalue weighted by Crippen LogP contribution is -2.19. The molecule has 0 fully saturated rings. The van der Waals surface area contributed by atoms with Gasteiger partial charge in [-0.15, -0.1) is 0 Å². The Bertz CT molecular complexity index is 1140. The predicted molar refractivity (Wildman–Crippen MR) is 109 cm³/mol. The van der Waals surface area contributed by atoms with E-state index in [0.717, 1.165) is 21.7 Å². The molecule has 8 nitrogen and oxygen atoms in total. The zero-order valence-corrected chi connectivity index (χ0v) is 16.7. The summed E-state index contributed by atoms with van der Waals surface area (Å²) in [5, 5.41) is 12.3. The number of ether oxygens (including phenoxy) is 1. The fourth-order valence-electron chi connectivity index (χ4n) is 2.97. The van der Waals surface area contributed by atoms with Gasteiger partial charge in [0.2, 0.25) is 5.13 Å². The van der Waals surface area contributed by atoms with Crippen molar-refractivity contribution in [2.45, 2.75) is 27.3 Å². The minimum absolute atomic E-state index is 0.239. The first-order valence-electron chi connectivity index (χ1n) is 9.03. The molecule has 0 aliphatic heterocycles. The second kappa shape index (κ2) is 7.43. The number of aromatic nitrogens is 5. The number of amides is 1. The summed E-state index contributed by atoms with van der Waals surface area (Å²) in [5.41, 5.74) is 2.07. The zero-order valence-electron chi connectivity index (χ0n) is 15.8. The summed E-state index contributed by atoms with van der Waals surface area (Å²) in [4.78, 5) is 17.4. The standard InChI is InChI=1S/C19H20N6O2S/c1-4-24-13(9-10-20-24)18(26)21-16-11-12(3)23-25(16)19-22-17-14(27-5-2)7-6-8-15(17)28-19/h6-11H,4-5H2,1-3H3,(H,21,26). The van der Waals surface area contributed by atoms with E-state index in [4.69, 9.17) is 9.72 Å². The molecule has 0 aliphatic carbocycles. The van der Waals surface area contributed by atoms with Gasteiger partial charge in [0.15, 0.2) is 0 Å². The first kappa shape index (κ1) is 18.2. The van der Waals surface area contributed by atoms with E-state index in [-0.39, 0.29) is 5.91 Å². The molecule has 3 aromatic heterocycles. The summed E-state index contributed by atoms with van der Waals surface area (Å²) in [6, 6.07) is 9.35. The van der Waals surface area contributed by atoms with Crippen molar-refractivity contribution in [3.05, 3.63) is 47.9 Å². The van der Waals surface area contributed by atoms with Gasteiger partial charge in [0.05, 0.1) is 17.0 Å². The molecule has 28 heavy (non-hydrogen) atoms. The van der Waals surface area contributed by atoms with Crippen LogP contribution in [-0.4, -0.2) is 37.1 Å². The number of para-hydroxylation sites is 1. The maximum atomic E-state index is 12.7. The first-order valence-corrected chi connectivity index (χ1v) is 9.85. The van der Waals surface area contributed by atoms with Gasteiger partial charge in [0, 0.05) is 18.8 Å². The predicted octanol–water partition coefficient (Wildman–Crippen LogP) is 3.66. The molecular formula is C19H20N6O2S. The number of carbonyl (C=O) groups is 1. The van der Waals surface area contributed by atoms with Gasteiger partial charge in [-0.1, -0.05) is 17.4 Å². The molecular weight excluding hydrogens is 376 g/mol. The second-order valence-electron chi connectivity index (χ2n) is 6.10. The summed E-state index contributed by atoms with van der Waals surface area (Å²) in [7, 11) is 0. The molecule has 144 valence electrons. The molecule has 0 unspecified atom stereocenters. The quantitative estimate of drug-likeness (QED) is 0.537. The highest BCUT2D eigenvalue weighted by atomic mass is 32.1. The van der Waals surface area contributed by atoms with Gasteiger partial charge in [0.25, 0.3) is 5.91 Å². The van der Waals surface area contributed by atoms with Gasteiger partial charge in [-0.05, 0) is 39.0 Å². The van der Waals surface area contributed by atoms with Crippen molar-refractivity contribution >= 4 is 33.3 Å². The van der Waals surface area contributed by atoms with Crippen LogP contribution in [0.1, 0.15) is 30.0 Å². The molecule has 3 heterocycles. The van der Waals surface area contributed by atoms with E-state index in [0.29, 0.717) is 29.8 Å². The number of anilines is 1. The number of nitrogens with one attached hydrogen (secondary N) is 1. The lowest BCUT2D eigenvalue weighted by atomic mass is 10.3. The largest absolute Gasteiger partial charge is 0.492 e. The number of thiazole rings is 1. The van der Waals surface area contributed by atoms with Gasteiger partial charge in [-0.3, -0.25) is 9.48 Å². The first-order chi connectivity index (χ1) is 13.6. The van der Waals surface area contributed by atoms with Crippen LogP contribution in [0.3, 0.4) is 0 Å². The van der Waals surface area contributed by atoms with E-state index in [1.165, 1.54) is 11.3 Å². The fraction of sp³-hybridized carbons (Fsp3) is 0.263. The maximum Gasteiger partial charge on any atom is 0.275 e. The van der Waals surface area contributed by atoms with Crippen molar-refractivity contribution in [2.24, 2.45) is 0 Å². The molecule has 0 saturated heterocycles. The summed E-state index contributed by atoms with van der Waals surface area (Å²) in [6.45, 7) is 6.94. The molecule has 0 bridgehead atoms. The maximum absolute atomic E-state index is 12.7. The molecule has 0 spiro atoms. The van der Waals surface area contributed by atoms with Crippen molar-refractivity contribution in [3.8, 4) is 10.9 Å². The van der Waals surface area contributed by atoms with Gasteiger partial charge in [-0.2, -0.15) is 14.9 Å².